The van der Waals surface area contributed by atoms with Gasteiger partial charge in [0.25, 0.3) is 0 Å². The second-order valence-corrected chi connectivity index (χ2v) is 1.49. The Hall–Kier alpha value is -1.10. The van der Waals surface area contributed by atoms with Crippen LogP contribution >= 0.6 is 0 Å². The second kappa shape index (κ2) is 6.03. The molecular weight excluding hydrogens is 138 g/mol. The van der Waals surface area contributed by atoms with Gasteiger partial charge in [-0.05, 0) is 6.42 Å². The highest BCUT2D eigenvalue weighted by Crippen LogP contribution is 1.90. The fourth-order valence-electron chi connectivity index (χ4n) is 0.353. The Kier molecular flexibility index (Phi) is 7.03. The fraction of sp³-hybridized carbons (Fsp3) is 0.600. The Morgan fingerprint density at radius 3 is 2.30 bits per heavy atom. The Bertz CT molecular complexity index is 123. The topological polar surface area (TPSA) is 98.6 Å². The Labute approximate surface area is 58.6 Å². The van der Waals surface area contributed by atoms with Crippen molar-refractivity contribution in [2.24, 2.45) is 0 Å². The number of carbonyl (C=O) groups excluding carboxylic acids is 1. The summed E-state index contributed by atoms with van der Waals surface area (Å²) in [6.45, 7) is 1.77. The molecule has 0 aliphatic rings. The molecule has 0 fully saturated rings. The molecule has 60 valence electrons. The zero-order valence-electron chi connectivity index (χ0n) is 5.79. The van der Waals surface area contributed by atoms with Crippen LogP contribution in [0.1, 0.15) is 19.8 Å². The van der Waals surface area contributed by atoms with Gasteiger partial charge in [-0.3, -0.25) is 4.79 Å². The summed E-state index contributed by atoms with van der Waals surface area (Å²) in [5.74, 6) is -0.690. The summed E-state index contributed by atoms with van der Waals surface area (Å²) in [6.07, 6.45) is -0.772. The van der Waals surface area contributed by atoms with Gasteiger partial charge < -0.3 is 16.0 Å². The number of rotatable bonds is 2. The largest absolute Gasteiger partial charge is 0.513 e. The van der Waals surface area contributed by atoms with E-state index in [4.69, 9.17) is 5.11 Å². The number of hydrogen-bond donors (Lipinski definition) is 2. The van der Waals surface area contributed by atoms with E-state index in [2.05, 4.69) is 4.74 Å². The van der Waals surface area contributed by atoms with E-state index in [0.717, 1.165) is 0 Å². The smallest absolute Gasteiger partial charge is 0.449 e. The third-order valence-electron chi connectivity index (χ3n) is 0.655. The molecule has 0 heterocycles. The van der Waals surface area contributed by atoms with Gasteiger partial charge >= 0.3 is 12.1 Å². The highest BCUT2D eigenvalue weighted by Gasteiger charge is 2.04. The monoisotopic (exact) mass is 149 g/mol. The van der Waals surface area contributed by atoms with Crippen molar-refractivity contribution in [1.82, 2.24) is 6.15 Å². The maximum absolute atomic E-state index is 10.3. The van der Waals surface area contributed by atoms with E-state index >= 15 is 0 Å². The van der Waals surface area contributed by atoms with Crippen molar-refractivity contribution in [3.63, 3.8) is 0 Å². The number of ether oxygens (including phenoxy) is 1. The lowest BCUT2D eigenvalue weighted by molar-refractivity contribution is -0.139. The van der Waals surface area contributed by atoms with Gasteiger partial charge in [-0.15, -0.1) is 0 Å². The van der Waals surface area contributed by atoms with Crippen molar-refractivity contribution in [1.29, 1.82) is 0 Å². The van der Waals surface area contributed by atoms with Gasteiger partial charge in [0.15, 0.2) is 0 Å². The van der Waals surface area contributed by atoms with Crippen molar-refractivity contribution < 1.29 is 19.4 Å². The van der Waals surface area contributed by atoms with Crippen molar-refractivity contribution in [3.8, 4) is 0 Å². The van der Waals surface area contributed by atoms with Gasteiger partial charge in [0.2, 0.25) is 0 Å². The lowest BCUT2D eigenvalue weighted by Crippen LogP contribution is -2.08. The molecule has 0 atom stereocenters. The zero-order valence-corrected chi connectivity index (χ0v) is 5.79. The highest BCUT2D eigenvalue weighted by atomic mass is 16.7. The third kappa shape index (κ3) is 6.90. The second-order valence-electron chi connectivity index (χ2n) is 1.49. The van der Waals surface area contributed by atoms with Gasteiger partial charge in [-0.1, -0.05) is 6.92 Å². The lowest BCUT2D eigenvalue weighted by Gasteiger charge is -1.92. The summed E-state index contributed by atoms with van der Waals surface area (Å²) >= 11 is 0. The van der Waals surface area contributed by atoms with Crippen molar-refractivity contribution in [2.75, 3.05) is 0 Å². The Morgan fingerprint density at radius 2 is 2.00 bits per heavy atom. The van der Waals surface area contributed by atoms with E-state index in [1.165, 1.54) is 0 Å². The minimum absolute atomic E-state index is 0. The van der Waals surface area contributed by atoms with Gasteiger partial charge in [0.05, 0.1) is 0 Å². The van der Waals surface area contributed by atoms with Crippen LogP contribution in [-0.4, -0.2) is 17.2 Å². The molecule has 0 saturated heterocycles. The van der Waals surface area contributed by atoms with E-state index in [1.807, 2.05) is 0 Å². The molecule has 0 aromatic carbocycles. The molecule has 0 amide bonds. The van der Waals surface area contributed by atoms with Crippen LogP contribution in [0.5, 0.6) is 0 Å². The van der Waals surface area contributed by atoms with E-state index in [-0.39, 0.29) is 12.6 Å². The van der Waals surface area contributed by atoms with Crippen molar-refractivity contribution in [2.45, 2.75) is 19.8 Å². The molecule has 0 spiro atoms. The third-order valence-corrected chi connectivity index (χ3v) is 0.655. The first-order chi connectivity index (χ1) is 4.16. The Morgan fingerprint density at radius 1 is 1.50 bits per heavy atom. The summed E-state index contributed by atoms with van der Waals surface area (Å²) in [6, 6.07) is 0. The fourth-order valence-corrected chi connectivity index (χ4v) is 0.353. The van der Waals surface area contributed by atoms with Gasteiger partial charge in [-0.2, -0.15) is 0 Å². The molecule has 0 aliphatic heterocycles. The summed E-state index contributed by atoms with van der Waals surface area (Å²) in [7, 11) is 0. The van der Waals surface area contributed by atoms with Crippen molar-refractivity contribution >= 4 is 12.1 Å². The lowest BCUT2D eigenvalue weighted by atomic mass is 10.3. The van der Waals surface area contributed by atoms with Crippen LogP contribution in [0.3, 0.4) is 0 Å². The van der Waals surface area contributed by atoms with Crippen LogP contribution in [-0.2, 0) is 9.53 Å². The molecule has 0 bridgehead atoms. The molecule has 0 saturated carbocycles. The summed E-state index contributed by atoms with van der Waals surface area (Å²) in [5.41, 5.74) is 0. The average Bonchev–Trinajstić information content (AvgIpc) is 1.63. The predicted octanol–water partition coefficient (Wildman–Crippen LogP) is 1.17. The summed E-state index contributed by atoms with van der Waals surface area (Å²) < 4.78 is 3.77. The van der Waals surface area contributed by atoms with Crippen LogP contribution < -0.4 is 6.15 Å². The van der Waals surface area contributed by atoms with Crippen molar-refractivity contribution in [3.05, 3.63) is 0 Å². The minimum atomic E-state index is -1.53. The van der Waals surface area contributed by atoms with Crippen LogP contribution in [0, 0.1) is 0 Å². The molecule has 0 aromatic heterocycles. The normalized spacial score (nSPS) is 7.70. The molecule has 0 radical (unpaired) electrons. The SMILES string of the molecule is CCCC(=O)OC(=O)O.N. The maximum atomic E-state index is 10.3. The first-order valence-corrected chi connectivity index (χ1v) is 2.60. The molecule has 5 nitrogen and oxygen atoms in total. The number of carbonyl (C=O) groups is 2. The molecule has 0 aromatic rings. The van der Waals surface area contributed by atoms with Crippen LogP contribution in [0.4, 0.5) is 4.79 Å². The number of esters is 1. The minimum Gasteiger partial charge on any atom is -0.449 e. The standard InChI is InChI=1S/C5H8O4.H3N/c1-2-3-4(6)9-5(7)8;/h2-3H2,1H3,(H,7,8);1H3. The van der Waals surface area contributed by atoms with Gasteiger partial charge in [-0.25, -0.2) is 4.79 Å². The number of carboxylic acid groups (broad SMARTS) is 1. The maximum Gasteiger partial charge on any atom is 0.513 e. The Balaban J connectivity index is 0. The first-order valence-electron chi connectivity index (χ1n) is 2.60. The van der Waals surface area contributed by atoms with Gasteiger partial charge in [0.1, 0.15) is 0 Å². The van der Waals surface area contributed by atoms with Crippen LogP contribution in [0.15, 0.2) is 0 Å². The summed E-state index contributed by atoms with van der Waals surface area (Å²) in [4.78, 5) is 19.9. The highest BCUT2D eigenvalue weighted by molar-refractivity contribution is 5.80. The molecule has 4 N–H and O–H groups in total. The first kappa shape index (κ1) is 11.7. The number of hydrogen-bond acceptors (Lipinski definition) is 4. The average molecular weight is 149 g/mol. The molecule has 0 rings (SSSR count). The molecule has 0 aliphatic carbocycles. The van der Waals surface area contributed by atoms with E-state index in [9.17, 15) is 9.59 Å². The predicted molar refractivity (Wildman–Crippen MR) is 34.0 cm³/mol. The summed E-state index contributed by atoms with van der Waals surface area (Å²) in [5, 5.41) is 7.87. The van der Waals surface area contributed by atoms with Crippen LogP contribution in [0.25, 0.3) is 0 Å². The van der Waals surface area contributed by atoms with E-state index in [1.54, 1.807) is 6.92 Å². The van der Waals surface area contributed by atoms with Crippen LogP contribution in [0.2, 0.25) is 0 Å². The van der Waals surface area contributed by atoms with Gasteiger partial charge in [0, 0.05) is 6.42 Å². The molecule has 0 unspecified atom stereocenters. The zero-order chi connectivity index (χ0) is 7.28. The molecule has 5 heteroatoms. The molecule has 10 heavy (non-hydrogen) atoms. The van der Waals surface area contributed by atoms with E-state index < -0.39 is 12.1 Å². The van der Waals surface area contributed by atoms with E-state index in [0.29, 0.717) is 6.42 Å². The quantitative estimate of drug-likeness (QED) is 0.453. The molecular formula is C5H11NO4.